The maximum atomic E-state index is 13.5. The summed E-state index contributed by atoms with van der Waals surface area (Å²) in [6.07, 6.45) is 8.51. The Morgan fingerprint density at radius 2 is 1.80 bits per heavy atom. The van der Waals surface area contributed by atoms with E-state index in [1.165, 1.54) is 43.4 Å². The molecule has 11 heteroatoms. The van der Waals surface area contributed by atoms with Crippen LogP contribution in [0.5, 0.6) is 0 Å². The van der Waals surface area contributed by atoms with Crippen LogP contribution in [0.25, 0.3) is 21.3 Å². The molecule has 2 bridgehead atoms. The minimum Gasteiger partial charge on any atom is -0.476 e. The minimum absolute atomic E-state index is 0.0672. The van der Waals surface area contributed by atoms with Crippen molar-refractivity contribution in [2.75, 3.05) is 16.8 Å². The van der Waals surface area contributed by atoms with E-state index in [1.54, 1.807) is 12.3 Å². The van der Waals surface area contributed by atoms with Gasteiger partial charge in [0, 0.05) is 36.3 Å². The van der Waals surface area contributed by atoms with Gasteiger partial charge in [-0.05, 0) is 103 Å². The third-order valence-electron chi connectivity index (χ3n) is 10.7. The predicted octanol–water partition coefficient (Wildman–Crippen LogP) is 8.57. The monoisotopic (exact) mass is 694 g/mol. The van der Waals surface area contributed by atoms with Crippen LogP contribution in [-0.4, -0.2) is 43.3 Å². The molecule has 0 saturated heterocycles. The van der Waals surface area contributed by atoms with Crippen LogP contribution in [0.4, 0.5) is 10.9 Å². The Balaban J connectivity index is 1.04. The summed E-state index contributed by atoms with van der Waals surface area (Å²) >= 11 is 8.44. The first-order valence-corrected chi connectivity index (χ1v) is 18.3. The number of fused-ring (bicyclic) bond motifs is 4. The maximum absolute atomic E-state index is 13.5. The molecule has 3 aromatic heterocycles. The van der Waals surface area contributed by atoms with Crippen molar-refractivity contribution in [1.82, 2.24) is 19.7 Å². The molecular weight excluding hydrogens is 656 g/mol. The number of hydrogen-bond acceptors (Lipinski definition) is 7. The number of carbonyl (C=O) groups is 2. The fourth-order valence-corrected chi connectivity index (χ4v) is 10.3. The molecule has 2 N–H and O–H groups in total. The zero-order valence-electron chi connectivity index (χ0n) is 27.7. The third kappa shape index (κ3) is 6.10. The van der Waals surface area contributed by atoms with Gasteiger partial charge in [0.05, 0.1) is 16.4 Å². The number of anilines is 2. The molecule has 2 unspecified atom stereocenters. The van der Waals surface area contributed by atoms with Crippen LogP contribution in [0, 0.1) is 23.2 Å². The Morgan fingerprint density at radius 1 is 1.00 bits per heavy atom. The molecule has 2 aromatic carbocycles. The molecule has 1 aliphatic heterocycles. The first-order valence-electron chi connectivity index (χ1n) is 17.1. The van der Waals surface area contributed by atoms with E-state index in [0.717, 1.165) is 33.8 Å². The molecule has 1 amide bonds. The summed E-state index contributed by atoms with van der Waals surface area (Å²) in [6, 6.07) is 17.2. The number of aromatic nitrogens is 4. The Kier molecular flexibility index (Phi) is 8.19. The maximum Gasteiger partial charge on any atom is 0.355 e. The number of halogens is 1. The van der Waals surface area contributed by atoms with E-state index in [-0.39, 0.29) is 17.0 Å². The van der Waals surface area contributed by atoms with Gasteiger partial charge in [0.15, 0.2) is 10.8 Å². The number of carbonyl (C=O) groups excluding carboxylic acids is 1. The zero-order valence-corrected chi connectivity index (χ0v) is 29.2. The summed E-state index contributed by atoms with van der Waals surface area (Å²) in [5, 5.41) is 19.0. The molecule has 2 saturated carbocycles. The van der Waals surface area contributed by atoms with Crippen LogP contribution in [0.1, 0.15) is 77.9 Å². The number of nitrogens with one attached hydrogen (secondary N) is 1. The summed E-state index contributed by atoms with van der Waals surface area (Å²) < 4.78 is 2.89. The third-order valence-corrected chi connectivity index (χ3v) is 12.1. The standard InChI is InChI=1S/C38H39ClN6O3S/c1-22-14-24-15-23(2)17-38(16-22,18-24)21-45-34(39)28(19-40-45)26-10-11-32(42-33(26)36(47)48)44-13-12-25-6-5-7-27(29(25)20-44)35(46)43-37-41-30-8-3-4-9-31(30)49-37/h3-11,19,22-24H,12-18,20-21H2,1-2H3,(H,47,48)(H,41,43,46). The van der Waals surface area contributed by atoms with Crippen LogP contribution in [-0.2, 0) is 19.5 Å². The van der Waals surface area contributed by atoms with Gasteiger partial charge in [-0.15, -0.1) is 0 Å². The number of thiazole rings is 1. The lowest BCUT2D eigenvalue weighted by atomic mass is 9.57. The molecule has 49 heavy (non-hydrogen) atoms. The Hall–Kier alpha value is -4.28. The van der Waals surface area contributed by atoms with Crippen LogP contribution >= 0.6 is 22.9 Å². The topological polar surface area (TPSA) is 113 Å². The van der Waals surface area contributed by atoms with Crippen LogP contribution in [0.2, 0.25) is 5.15 Å². The number of nitrogens with zero attached hydrogens (tertiary/aromatic N) is 5. The van der Waals surface area contributed by atoms with Crippen molar-refractivity contribution in [3.05, 3.63) is 88.3 Å². The van der Waals surface area contributed by atoms with Crippen molar-refractivity contribution in [2.45, 2.75) is 65.5 Å². The van der Waals surface area contributed by atoms with Gasteiger partial charge in [0.25, 0.3) is 5.91 Å². The normalized spacial score (nSPS) is 23.3. The molecule has 0 spiro atoms. The highest BCUT2D eigenvalue weighted by Crippen LogP contribution is 2.54. The lowest BCUT2D eigenvalue weighted by molar-refractivity contribution is 0.00225. The SMILES string of the molecule is CC1CC2CC(C)CC(Cn3ncc(-c4ccc(N5CCc6cccc(C(=O)Nc7nc8ccccc8s7)c6C5)nc4C(=O)O)c3Cl)(C1)C2. The summed E-state index contributed by atoms with van der Waals surface area (Å²) in [7, 11) is 0. The van der Waals surface area contributed by atoms with Gasteiger partial charge in [-0.1, -0.05) is 61.1 Å². The average Bonchev–Trinajstić information content (AvgIpc) is 3.64. The largest absolute Gasteiger partial charge is 0.476 e. The quantitative estimate of drug-likeness (QED) is 0.175. The highest BCUT2D eigenvalue weighted by atomic mass is 35.5. The lowest BCUT2D eigenvalue weighted by Gasteiger charge is -2.50. The van der Waals surface area contributed by atoms with E-state index >= 15 is 0 Å². The Bertz CT molecular complexity index is 2040. The smallest absolute Gasteiger partial charge is 0.355 e. The van der Waals surface area contributed by atoms with E-state index in [2.05, 4.69) is 29.1 Å². The highest BCUT2D eigenvalue weighted by Gasteiger charge is 2.45. The molecule has 3 aliphatic rings. The number of para-hydroxylation sites is 1. The molecular formula is C38H39ClN6O3S. The summed E-state index contributed by atoms with van der Waals surface area (Å²) in [5.41, 5.74) is 4.53. The summed E-state index contributed by atoms with van der Waals surface area (Å²) in [6.45, 7) is 6.52. The predicted molar refractivity (Wildman–Crippen MR) is 194 cm³/mol. The number of pyridine rings is 1. The van der Waals surface area contributed by atoms with Gasteiger partial charge in [0.2, 0.25) is 0 Å². The number of hydrogen-bond donors (Lipinski definition) is 2. The van der Waals surface area contributed by atoms with Crippen molar-refractivity contribution in [3.63, 3.8) is 0 Å². The number of carboxylic acid groups (broad SMARTS) is 1. The lowest BCUT2D eigenvalue weighted by Crippen LogP contribution is -2.42. The number of benzene rings is 2. The van der Waals surface area contributed by atoms with E-state index in [0.29, 0.717) is 64.1 Å². The van der Waals surface area contributed by atoms with E-state index < -0.39 is 5.97 Å². The van der Waals surface area contributed by atoms with Crippen molar-refractivity contribution in [1.29, 1.82) is 0 Å². The van der Waals surface area contributed by atoms with Crippen molar-refractivity contribution < 1.29 is 14.7 Å². The molecule has 2 atom stereocenters. The second-order valence-corrected chi connectivity index (χ2v) is 16.0. The second kappa shape index (κ2) is 12.6. The molecule has 2 fully saturated rings. The fraction of sp³-hybridized carbons (Fsp3) is 0.395. The van der Waals surface area contributed by atoms with Crippen LogP contribution < -0.4 is 10.2 Å². The van der Waals surface area contributed by atoms with Crippen molar-refractivity contribution in [3.8, 4) is 11.1 Å². The van der Waals surface area contributed by atoms with Crippen molar-refractivity contribution in [2.24, 2.45) is 23.2 Å². The minimum atomic E-state index is -1.13. The van der Waals surface area contributed by atoms with Gasteiger partial charge < -0.3 is 10.0 Å². The van der Waals surface area contributed by atoms with Gasteiger partial charge in [-0.3, -0.25) is 14.8 Å². The van der Waals surface area contributed by atoms with Crippen LogP contribution in [0.3, 0.4) is 0 Å². The van der Waals surface area contributed by atoms with E-state index in [9.17, 15) is 14.7 Å². The number of rotatable bonds is 7. The Labute approximate surface area is 294 Å². The van der Waals surface area contributed by atoms with Crippen molar-refractivity contribution >= 4 is 56.0 Å². The highest BCUT2D eigenvalue weighted by molar-refractivity contribution is 7.22. The zero-order chi connectivity index (χ0) is 33.9. The van der Waals surface area contributed by atoms with Gasteiger partial charge in [-0.2, -0.15) is 5.10 Å². The van der Waals surface area contributed by atoms with E-state index in [4.69, 9.17) is 16.7 Å². The van der Waals surface area contributed by atoms with Gasteiger partial charge in [-0.25, -0.2) is 14.8 Å². The molecule has 5 aromatic rings. The second-order valence-electron chi connectivity index (χ2n) is 14.6. The molecule has 0 radical (unpaired) electrons. The summed E-state index contributed by atoms with van der Waals surface area (Å²) in [4.78, 5) is 37.4. The first-order chi connectivity index (χ1) is 23.6. The number of aromatic carboxylic acids is 1. The average molecular weight is 695 g/mol. The molecule has 2 aliphatic carbocycles. The number of amides is 1. The van der Waals surface area contributed by atoms with E-state index in [1.807, 2.05) is 58.1 Å². The first kappa shape index (κ1) is 32.0. The number of carboxylic acids is 1. The Morgan fingerprint density at radius 3 is 2.57 bits per heavy atom. The summed E-state index contributed by atoms with van der Waals surface area (Å²) in [5.74, 6) is 1.30. The molecule has 8 rings (SSSR count). The van der Waals surface area contributed by atoms with Gasteiger partial charge in [0.1, 0.15) is 11.0 Å². The van der Waals surface area contributed by atoms with Crippen LogP contribution in [0.15, 0.2) is 60.8 Å². The molecule has 9 nitrogen and oxygen atoms in total. The van der Waals surface area contributed by atoms with Gasteiger partial charge >= 0.3 is 5.97 Å². The fourth-order valence-electron chi connectivity index (χ4n) is 9.17. The molecule has 252 valence electrons. The molecule has 4 heterocycles.